The molecular formula is C30H29ClFN5O12S. The van der Waals surface area contributed by atoms with E-state index in [0.717, 1.165) is 18.2 Å². The van der Waals surface area contributed by atoms with Crippen LogP contribution in [-0.2, 0) is 29.1 Å². The van der Waals surface area contributed by atoms with Gasteiger partial charge in [0, 0.05) is 30.1 Å². The summed E-state index contributed by atoms with van der Waals surface area (Å²) in [5.74, 6) is -5.58. The molecule has 0 saturated heterocycles. The molecular weight excluding hydrogens is 709 g/mol. The predicted octanol–water partition coefficient (Wildman–Crippen LogP) is 1.85. The van der Waals surface area contributed by atoms with E-state index >= 15 is 0 Å². The third-order valence-electron chi connectivity index (χ3n) is 6.93. The van der Waals surface area contributed by atoms with E-state index in [1.54, 1.807) is 6.07 Å². The molecule has 20 heteroatoms. The van der Waals surface area contributed by atoms with Crippen LogP contribution in [0.1, 0.15) is 12.8 Å². The lowest BCUT2D eigenvalue weighted by Crippen LogP contribution is -2.43. The number of carbonyl (C=O) groups is 3. The largest absolute Gasteiger partial charge is 0.485 e. The number of esters is 1. The number of sulfonamides is 1. The predicted molar refractivity (Wildman–Crippen MR) is 172 cm³/mol. The molecule has 1 aromatic carbocycles. The molecule has 0 amide bonds. The Morgan fingerprint density at radius 2 is 1.82 bits per heavy atom. The van der Waals surface area contributed by atoms with Crippen LogP contribution in [0.3, 0.4) is 0 Å². The molecule has 50 heavy (non-hydrogen) atoms. The van der Waals surface area contributed by atoms with Crippen LogP contribution in [0.25, 0.3) is 16.8 Å². The molecule has 0 saturated carbocycles. The molecule has 3 heterocycles. The molecule has 4 rings (SSSR count). The summed E-state index contributed by atoms with van der Waals surface area (Å²) >= 11 is 5.96. The van der Waals surface area contributed by atoms with Crippen molar-refractivity contribution >= 4 is 50.9 Å². The number of benzene rings is 1. The number of hydrogen-bond acceptors (Lipinski definition) is 13. The fourth-order valence-corrected chi connectivity index (χ4v) is 5.96. The van der Waals surface area contributed by atoms with E-state index in [1.807, 2.05) is 0 Å². The summed E-state index contributed by atoms with van der Waals surface area (Å²) in [5, 5.41) is 27.5. The van der Waals surface area contributed by atoms with Crippen molar-refractivity contribution in [3.05, 3.63) is 76.2 Å². The maximum absolute atomic E-state index is 13.5. The third kappa shape index (κ3) is 8.99. The first-order valence-electron chi connectivity index (χ1n) is 14.2. The number of fused-ring (bicyclic) bond motifs is 1. The second-order valence-electron chi connectivity index (χ2n) is 10.7. The highest BCUT2D eigenvalue weighted by atomic mass is 35.5. The normalized spacial score (nSPS) is 12.7. The van der Waals surface area contributed by atoms with Gasteiger partial charge in [0.2, 0.25) is 11.6 Å². The van der Waals surface area contributed by atoms with Crippen LogP contribution in [0.4, 0.5) is 10.1 Å². The monoisotopic (exact) mass is 737 g/mol. The number of hydrogen-bond donors (Lipinski definition) is 4. The lowest BCUT2D eigenvalue weighted by molar-refractivity contribution is -0.173. The molecule has 0 bridgehead atoms. The van der Waals surface area contributed by atoms with Gasteiger partial charge in [-0.05, 0) is 43.4 Å². The van der Waals surface area contributed by atoms with E-state index in [9.17, 15) is 37.1 Å². The minimum Gasteiger partial charge on any atom is -0.485 e. The van der Waals surface area contributed by atoms with Crippen molar-refractivity contribution in [1.29, 1.82) is 0 Å². The first-order valence-corrected chi connectivity index (χ1v) is 16.1. The van der Waals surface area contributed by atoms with Crippen molar-refractivity contribution < 1.29 is 56.7 Å². The van der Waals surface area contributed by atoms with Crippen molar-refractivity contribution in [2.45, 2.75) is 23.3 Å². The standard InChI is InChI=1S/C30H29ClFN5O12S/c1-36(16-49-26(40)12-30(44,29(42)43)11-25(38)39)7-8-48-22-14-33-24-6-3-17(15-37(24)28(22)41)18-9-21(27(47-2)34-13-18)35-50(45,46)23-5-4-19(32)10-20(23)31/h3-6,9-10,13-15,35,44H,7-8,11-12,16H2,1-2H3,(H,38,39)(H,42,43). The molecule has 0 spiro atoms. The van der Waals surface area contributed by atoms with E-state index < -0.39 is 57.8 Å². The fraction of sp³-hybridized carbons (Fsp3) is 0.267. The molecule has 0 radical (unpaired) electrons. The molecule has 1 unspecified atom stereocenters. The van der Waals surface area contributed by atoms with Crippen LogP contribution in [0.2, 0.25) is 5.02 Å². The highest BCUT2D eigenvalue weighted by Gasteiger charge is 2.41. The Hall–Kier alpha value is -5.37. The van der Waals surface area contributed by atoms with Gasteiger partial charge in [0.1, 0.15) is 35.4 Å². The zero-order valence-corrected chi connectivity index (χ0v) is 27.8. The van der Waals surface area contributed by atoms with Gasteiger partial charge in [0.25, 0.3) is 15.6 Å². The number of ether oxygens (including phenoxy) is 3. The average molecular weight is 738 g/mol. The van der Waals surface area contributed by atoms with Gasteiger partial charge in [-0.1, -0.05) is 11.6 Å². The summed E-state index contributed by atoms with van der Waals surface area (Å²) in [4.78, 5) is 56.8. The average Bonchev–Trinajstić information content (AvgIpc) is 3.04. The van der Waals surface area contributed by atoms with Gasteiger partial charge < -0.3 is 29.5 Å². The van der Waals surface area contributed by atoms with Crippen molar-refractivity contribution in [3.63, 3.8) is 0 Å². The Morgan fingerprint density at radius 3 is 2.48 bits per heavy atom. The van der Waals surface area contributed by atoms with Gasteiger partial charge in [-0.15, -0.1) is 0 Å². The van der Waals surface area contributed by atoms with Gasteiger partial charge >= 0.3 is 17.9 Å². The molecule has 4 N–H and O–H groups in total. The number of anilines is 1. The second kappa shape index (κ2) is 15.5. The van der Waals surface area contributed by atoms with Crippen LogP contribution in [0.15, 0.2) is 64.7 Å². The first kappa shape index (κ1) is 37.4. The van der Waals surface area contributed by atoms with Crippen molar-refractivity contribution in [2.75, 3.05) is 38.8 Å². The van der Waals surface area contributed by atoms with Crippen molar-refractivity contribution in [3.8, 4) is 22.8 Å². The summed E-state index contributed by atoms with van der Waals surface area (Å²) in [7, 11) is -1.51. The number of aliphatic carboxylic acids is 2. The van der Waals surface area contributed by atoms with Crippen molar-refractivity contribution in [2.24, 2.45) is 0 Å². The summed E-state index contributed by atoms with van der Waals surface area (Å²) in [6.07, 6.45) is 1.75. The Bertz CT molecular complexity index is 2120. The topological polar surface area (TPSA) is 236 Å². The van der Waals surface area contributed by atoms with E-state index in [2.05, 4.69) is 14.7 Å². The van der Waals surface area contributed by atoms with Gasteiger partial charge in [0.15, 0.2) is 5.60 Å². The maximum Gasteiger partial charge on any atom is 0.336 e. The molecule has 0 aliphatic carbocycles. The quantitative estimate of drug-likeness (QED) is 0.0948. The first-order chi connectivity index (χ1) is 23.5. The van der Waals surface area contributed by atoms with Crippen molar-refractivity contribution in [1.82, 2.24) is 19.3 Å². The van der Waals surface area contributed by atoms with Gasteiger partial charge in [-0.25, -0.2) is 27.6 Å². The fourth-order valence-electron chi connectivity index (χ4n) is 4.38. The van der Waals surface area contributed by atoms with Crippen LogP contribution in [0, 0.1) is 5.82 Å². The van der Waals surface area contributed by atoms with Crippen LogP contribution in [0.5, 0.6) is 11.6 Å². The number of likely N-dealkylation sites (N-methyl/N-ethyl adjacent to an activating group) is 1. The Balaban J connectivity index is 1.45. The number of aliphatic hydroxyl groups is 1. The molecule has 0 aliphatic heterocycles. The summed E-state index contributed by atoms with van der Waals surface area (Å²) in [5.41, 5.74) is -2.44. The molecule has 0 fully saturated rings. The Kier molecular flexibility index (Phi) is 11.6. The zero-order valence-electron chi connectivity index (χ0n) is 26.2. The van der Waals surface area contributed by atoms with E-state index in [1.165, 1.54) is 54.2 Å². The van der Waals surface area contributed by atoms with Gasteiger partial charge in [-0.2, -0.15) is 0 Å². The summed E-state index contributed by atoms with van der Waals surface area (Å²) in [6, 6.07) is 7.39. The van der Waals surface area contributed by atoms with E-state index in [4.69, 9.17) is 36.0 Å². The maximum atomic E-state index is 13.5. The molecule has 266 valence electrons. The summed E-state index contributed by atoms with van der Waals surface area (Å²) < 4.78 is 58.9. The number of rotatable bonds is 16. The number of carboxylic acids is 2. The highest BCUT2D eigenvalue weighted by molar-refractivity contribution is 7.92. The van der Waals surface area contributed by atoms with E-state index in [-0.39, 0.29) is 52.8 Å². The lowest BCUT2D eigenvalue weighted by atomic mass is 9.96. The smallest absolute Gasteiger partial charge is 0.336 e. The molecule has 1 atom stereocenters. The second-order valence-corrected chi connectivity index (χ2v) is 12.8. The number of methoxy groups -OCH3 is 1. The molecule has 3 aromatic heterocycles. The van der Waals surface area contributed by atoms with Crippen LogP contribution in [-0.4, -0.2) is 101 Å². The van der Waals surface area contributed by atoms with E-state index in [0.29, 0.717) is 11.1 Å². The third-order valence-corrected chi connectivity index (χ3v) is 8.78. The minimum absolute atomic E-state index is 0.0688. The number of halogens is 2. The van der Waals surface area contributed by atoms with Crippen LogP contribution < -0.4 is 19.8 Å². The molecule has 17 nitrogen and oxygen atoms in total. The van der Waals surface area contributed by atoms with Crippen LogP contribution >= 0.6 is 11.6 Å². The zero-order chi connectivity index (χ0) is 36.8. The minimum atomic E-state index is -4.31. The summed E-state index contributed by atoms with van der Waals surface area (Å²) in [6.45, 7) is -0.347. The van der Waals surface area contributed by atoms with Gasteiger partial charge in [-0.3, -0.25) is 28.4 Å². The number of nitrogens with one attached hydrogen (secondary N) is 1. The Morgan fingerprint density at radius 1 is 1.08 bits per heavy atom. The number of carboxylic acid groups (broad SMARTS) is 2. The Labute approximate surface area is 287 Å². The lowest BCUT2D eigenvalue weighted by Gasteiger charge is -2.21. The number of carbonyl (C=O) groups excluding carboxylic acids is 1. The number of pyridine rings is 2. The SMILES string of the molecule is COc1ncc(-c2ccc3ncc(OCCN(C)COC(=O)CC(O)(CC(=O)O)C(=O)O)c(=O)n3c2)cc1NS(=O)(=O)c1ccc(F)cc1Cl. The highest BCUT2D eigenvalue weighted by Crippen LogP contribution is 2.32. The van der Waals surface area contributed by atoms with Gasteiger partial charge in [0.05, 0.1) is 31.2 Å². The molecule has 0 aliphatic rings. The number of aromatic nitrogens is 3. The molecule has 4 aromatic rings. The number of nitrogens with zero attached hydrogens (tertiary/aromatic N) is 4.